The van der Waals surface area contributed by atoms with Crippen molar-refractivity contribution in [1.29, 1.82) is 0 Å². The van der Waals surface area contributed by atoms with Crippen LogP contribution in [0.15, 0.2) is 0 Å². The van der Waals surface area contributed by atoms with Gasteiger partial charge in [-0.3, -0.25) is 4.79 Å². The van der Waals surface area contributed by atoms with Crippen molar-refractivity contribution in [1.82, 2.24) is 5.32 Å². The number of hydrogen-bond acceptors (Lipinski definition) is 1. The molecule has 2 fully saturated rings. The fourth-order valence-corrected chi connectivity index (χ4v) is 2.59. The molecular weight excluding hydrogens is 138 g/mol. The van der Waals surface area contributed by atoms with Crippen LogP contribution >= 0.6 is 0 Å². The normalized spacial score (nSPS) is 41.2. The Balaban J connectivity index is 2.09. The van der Waals surface area contributed by atoms with E-state index in [9.17, 15) is 4.79 Å². The number of nitrogens with one attached hydrogen (secondary N) is 1. The van der Waals surface area contributed by atoms with Crippen LogP contribution in [-0.2, 0) is 4.79 Å². The predicted octanol–water partition coefficient (Wildman–Crippen LogP) is 1.31. The van der Waals surface area contributed by atoms with Gasteiger partial charge in [0.15, 0.2) is 0 Å². The molecule has 1 amide bonds. The van der Waals surface area contributed by atoms with Gasteiger partial charge in [0, 0.05) is 12.5 Å². The molecule has 1 saturated carbocycles. The minimum atomic E-state index is 0.310. The van der Waals surface area contributed by atoms with Crippen LogP contribution in [0.25, 0.3) is 0 Å². The summed E-state index contributed by atoms with van der Waals surface area (Å²) >= 11 is 0. The molecule has 1 saturated heterocycles. The Kier molecular flexibility index (Phi) is 1.44. The molecule has 2 aliphatic rings. The van der Waals surface area contributed by atoms with Crippen LogP contribution in [0.2, 0.25) is 0 Å². The second-order valence-corrected chi connectivity index (χ2v) is 3.92. The number of hydrogen-bond donors (Lipinski definition) is 1. The smallest absolute Gasteiger partial charge is 0.223 e. The first kappa shape index (κ1) is 7.14. The average Bonchev–Trinajstić information content (AvgIpc) is 2.12. The van der Waals surface area contributed by atoms with E-state index in [4.69, 9.17) is 0 Å². The van der Waals surface area contributed by atoms with E-state index in [-0.39, 0.29) is 0 Å². The van der Waals surface area contributed by atoms with Gasteiger partial charge in [0.25, 0.3) is 0 Å². The molecule has 1 N–H and O–H groups in total. The Labute approximate surface area is 67.4 Å². The van der Waals surface area contributed by atoms with Gasteiger partial charge in [-0.2, -0.15) is 0 Å². The van der Waals surface area contributed by atoms with Gasteiger partial charge in [-0.05, 0) is 24.7 Å². The predicted molar refractivity (Wildman–Crippen MR) is 43.1 cm³/mol. The van der Waals surface area contributed by atoms with E-state index in [2.05, 4.69) is 12.2 Å². The molecule has 0 bridgehead atoms. The second-order valence-electron chi connectivity index (χ2n) is 3.92. The number of rotatable bonds is 2. The Bertz CT molecular complexity index is 190. The molecule has 2 nitrogen and oxygen atoms in total. The Morgan fingerprint density at radius 3 is 3.00 bits per heavy atom. The van der Waals surface area contributed by atoms with Gasteiger partial charge < -0.3 is 5.32 Å². The maximum absolute atomic E-state index is 11.2. The third kappa shape index (κ3) is 0.815. The summed E-state index contributed by atoms with van der Waals surface area (Å²) in [5, 5.41) is 2.97. The molecule has 0 aromatic heterocycles. The van der Waals surface area contributed by atoms with Crippen LogP contribution < -0.4 is 5.32 Å². The van der Waals surface area contributed by atoms with Gasteiger partial charge in [-0.25, -0.2) is 0 Å². The monoisotopic (exact) mass is 153 g/mol. The van der Waals surface area contributed by atoms with Gasteiger partial charge in [0.2, 0.25) is 5.91 Å². The van der Waals surface area contributed by atoms with Crippen LogP contribution in [0.3, 0.4) is 0 Å². The summed E-state index contributed by atoms with van der Waals surface area (Å²) in [5.41, 5.74) is 0.395. The molecule has 1 aliphatic carbocycles. The third-order valence-electron chi connectivity index (χ3n) is 3.35. The molecule has 2 atom stereocenters. The zero-order chi connectivity index (χ0) is 7.90. The van der Waals surface area contributed by atoms with Gasteiger partial charge in [0.1, 0.15) is 0 Å². The van der Waals surface area contributed by atoms with E-state index in [0.717, 1.165) is 13.0 Å². The highest BCUT2D eigenvalue weighted by Crippen LogP contribution is 2.52. The number of amides is 1. The zero-order valence-electron chi connectivity index (χ0n) is 7.02. The molecule has 0 radical (unpaired) electrons. The summed E-state index contributed by atoms with van der Waals surface area (Å²) in [6.07, 6.45) is 4.85. The van der Waals surface area contributed by atoms with Crippen molar-refractivity contribution in [2.24, 2.45) is 11.3 Å². The van der Waals surface area contributed by atoms with Crippen molar-refractivity contribution >= 4 is 5.91 Å². The molecular formula is C9H15NO. The van der Waals surface area contributed by atoms with Crippen molar-refractivity contribution in [2.45, 2.75) is 32.6 Å². The molecule has 0 aromatic rings. The average molecular weight is 153 g/mol. The van der Waals surface area contributed by atoms with Gasteiger partial charge in [-0.15, -0.1) is 0 Å². The standard InChI is InChI=1S/C9H15NO/c1-2-4-9-5-3-7(9)8(11)10-6-9/h7H,2-6H2,1H3,(H,10,11). The molecule has 1 aliphatic heterocycles. The van der Waals surface area contributed by atoms with Crippen molar-refractivity contribution < 1.29 is 4.79 Å². The first-order valence-corrected chi connectivity index (χ1v) is 4.56. The maximum atomic E-state index is 11.2. The fraction of sp³-hybridized carbons (Fsp3) is 0.889. The summed E-state index contributed by atoms with van der Waals surface area (Å²) in [5.74, 6) is 0.687. The van der Waals surface area contributed by atoms with E-state index in [0.29, 0.717) is 17.2 Å². The first-order chi connectivity index (χ1) is 5.28. The van der Waals surface area contributed by atoms with Crippen LogP contribution in [0.4, 0.5) is 0 Å². The largest absolute Gasteiger partial charge is 0.355 e. The SMILES string of the molecule is CCCC12CCC1C(=O)NC2. The Morgan fingerprint density at radius 1 is 1.73 bits per heavy atom. The fourth-order valence-electron chi connectivity index (χ4n) is 2.59. The number of fused-ring (bicyclic) bond motifs is 1. The van der Waals surface area contributed by atoms with E-state index in [1.54, 1.807) is 0 Å². The molecule has 1 heterocycles. The van der Waals surface area contributed by atoms with Gasteiger partial charge >= 0.3 is 0 Å². The number of carbonyl (C=O) groups is 1. The lowest BCUT2D eigenvalue weighted by Gasteiger charge is -2.42. The minimum Gasteiger partial charge on any atom is -0.355 e. The highest BCUT2D eigenvalue weighted by Gasteiger charge is 2.53. The van der Waals surface area contributed by atoms with E-state index in [1.807, 2.05) is 0 Å². The summed E-state index contributed by atoms with van der Waals surface area (Å²) in [7, 11) is 0. The Hall–Kier alpha value is -0.530. The molecule has 0 aromatic carbocycles. The lowest BCUT2D eigenvalue weighted by Crippen LogP contribution is -2.40. The highest BCUT2D eigenvalue weighted by molar-refractivity contribution is 5.83. The van der Waals surface area contributed by atoms with Gasteiger partial charge in [0.05, 0.1) is 0 Å². The molecule has 2 unspecified atom stereocenters. The summed E-state index contributed by atoms with van der Waals surface area (Å²) < 4.78 is 0. The lowest BCUT2D eigenvalue weighted by atomic mass is 9.60. The van der Waals surface area contributed by atoms with Gasteiger partial charge in [-0.1, -0.05) is 13.3 Å². The van der Waals surface area contributed by atoms with Crippen molar-refractivity contribution in [2.75, 3.05) is 6.54 Å². The van der Waals surface area contributed by atoms with Crippen LogP contribution in [0.1, 0.15) is 32.6 Å². The maximum Gasteiger partial charge on any atom is 0.223 e. The zero-order valence-corrected chi connectivity index (χ0v) is 7.02. The molecule has 0 spiro atoms. The lowest BCUT2D eigenvalue weighted by molar-refractivity contribution is -0.127. The van der Waals surface area contributed by atoms with Crippen LogP contribution in [0, 0.1) is 11.3 Å². The highest BCUT2D eigenvalue weighted by atomic mass is 16.2. The van der Waals surface area contributed by atoms with E-state index in [1.165, 1.54) is 19.3 Å². The third-order valence-corrected chi connectivity index (χ3v) is 3.35. The number of carbonyl (C=O) groups excluding carboxylic acids is 1. The topological polar surface area (TPSA) is 29.1 Å². The van der Waals surface area contributed by atoms with Crippen molar-refractivity contribution in [3.8, 4) is 0 Å². The molecule has 11 heavy (non-hydrogen) atoms. The van der Waals surface area contributed by atoms with E-state index >= 15 is 0 Å². The minimum absolute atomic E-state index is 0.310. The van der Waals surface area contributed by atoms with Crippen molar-refractivity contribution in [3.05, 3.63) is 0 Å². The summed E-state index contributed by atoms with van der Waals surface area (Å²) in [6.45, 7) is 3.15. The second kappa shape index (κ2) is 2.23. The summed E-state index contributed by atoms with van der Waals surface area (Å²) in [4.78, 5) is 11.2. The molecule has 2 heteroatoms. The molecule has 2 rings (SSSR count). The quantitative estimate of drug-likeness (QED) is 0.636. The Morgan fingerprint density at radius 2 is 2.55 bits per heavy atom. The first-order valence-electron chi connectivity index (χ1n) is 4.56. The van der Waals surface area contributed by atoms with Crippen LogP contribution in [-0.4, -0.2) is 12.5 Å². The summed E-state index contributed by atoms with van der Waals surface area (Å²) in [6, 6.07) is 0. The van der Waals surface area contributed by atoms with Crippen molar-refractivity contribution in [3.63, 3.8) is 0 Å². The van der Waals surface area contributed by atoms with Crippen LogP contribution in [0.5, 0.6) is 0 Å². The van der Waals surface area contributed by atoms with E-state index < -0.39 is 0 Å². The molecule has 62 valence electrons.